The maximum absolute atomic E-state index is 13.4. The molecule has 1 fully saturated rings. The third kappa shape index (κ3) is 5.71. The second kappa shape index (κ2) is 11.9. The van der Waals surface area contributed by atoms with Crippen LogP contribution < -0.4 is 16.5 Å². The summed E-state index contributed by atoms with van der Waals surface area (Å²) in [4.78, 5) is 62.1. The Morgan fingerprint density at radius 3 is 2.58 bits per heavy atom. The molecule has 5 rings (SSSR count). The molecule has 1 saturated heterocycles. The van der Waals surface area contributed by atoms with Gasteiger partial charge in [-0.1, -0.05) is 5.16 Å². The number of hydrogen-bond donors (Lipinski definition) is 6. The third-order valence-electron chi connectivity index (χ3n) is 6.36. The number of benzene rings is 1. The van der Waals surface area contributed by atoms with Gasteiger partial charge in [-0.3, -0.25) is 19.3 Å². The standard InChI is InChI=1S/C25H22N6O9S3/c1-40-29-17(14-6-15(33)16(34)7-30(14)39)21(35)28-18-22(36)31-19(24(37)38)12(8-41-11-4-2-10(32)3-5-11)20(43-23(18)31)13-9-42-25(26)27-13/h2-7,9,18,20,23,32,34,39H,8H2,1H3,(H2,26,27)(H,28,35)(H,37,38)/t18-,20?,23-/m1/s1. The van der Waals surface area contributed by atoms with Crippen molar-refractivity contribution < 1.29 is 39.7 Å². The molecule has 1 aromatic carbocycles. The van der Waals surface area contributed by atoms with Crippen molar-refractivity contribution in [1.82, 2.24) is 19.9 Å². The number of pyridine rings is 1. The second-order valence-corrected chi connectivity index (χ2v) is 12.2. The van der Waals surface area contributed by atoms with Crippen LogP contribution in [0.15, 0.2) is 68.0 Å². The normalized spacial score (nSPS) is 19.9. The van der Waals surface area contributed by atoms with E-state index in [-0.39, 0.29) is 22.3 Å². The average molecular weight is 647 g/mol. The lowest BCUT2D eigenvalue weighted by atomic mass is 10.00. The Bertz CT molecular complexity index is 1740. The summed E-state index contributed by atoms with van der Waals surface area (Å²) in [5, 5.41) is 46.1. The number of carbonyl (C=O) groups is 3. The highest BCUT2D eigenvalue weighted by Crippen LogP contribution is 2.52. The van der Waals surface area contributed by atoms with Gasteiger partial charge in [0.1, 0.15) is 35.7 Å². The van der Waals surface area contributed by atoms with Gasteiger partial charge in [-0.05, 0) is 29.8 Å². The Kier molecular flexibility index (Phi) is 8.25. The third-order valence-corrected chi connectivity index (χ3v) is 9.67. The zero-order chi connectivity index (χ0) is 31.0. The van der Waals surface area contributed by atoms with Crippen molar-refractivity contribution in [2.24, 2.45) is 5.16 Å². The first-order valence-electron chi connectivity index (χ1n) is 12.1. The molecule has 0 aliphatic carbocycles. The molecule has 0 radical (unpaired) electrons. The number of carbonyl (C=O) groups excluding carboxylic acids is 2. The number of carboxylic acid groups (broad SMARTS) is 1. The van der Waals surface area contributed by atoms with Crippen molar-refractivity contribution in [2.45, 2.75) is 21.6 Å². The van der Waals surface area contributed by atoms with Crippen LogP contribution in [0.4, 0.5) is 5.13 Å². The maximum Gasteiger partial charge on any atom is 0.352 e. The summed E-state index contributed by atoms with van der Waals surface area (Å²) in [6.07, 6.45) is 0.662. The lowest BCUT2D eigenvalue weighted by Gasteiger charge is -2.51. The SMILES string of the molecule is CON=C(C(=O)N[C@@H]1C(=O)N2C(C(=O)O)=C(CSc3ccc(O)cc3)C(c3csc(N)n3)S[C@H]12)c1cc(=O)c(O)cn1O. The minimum absolute atomic E-state index is 0.0762. The molecule has 43 heavy (non-hydrogen) atoms. The molecular weight excluding hydrogens is 625 g/mol. The number of fused-ring (bicyclic) bond motifs is 1. The molecule has 0 saturated carbocycles. The molecule has 0 spiro atoms. The van der Waals surface area contributed by atoms with Crippen molar-refractivity contribution in [3.05, 3.63) is 74.8 Å². The number of nitrogen functional groups attached to an aromatic ring is 1. The summed E-state index contributed by atoms with van der Waals surface area (Å²) in [5.74, 6) is -3.63. The molecule has 2 amide bonds. The fourth-order valence-corrected chi connectivity index (χ4v) is 7.73. The van der Waals surface area contributed by atoms with E-state index in [1.807, 2.05) is 0 Å². The number of anilines is 1. The van der Waals surface area contributed by atoms with E-state index in [9.17, 15) is 39.7 Å². The molecule has 2 aliphatic rings. The Morgan fingerprint density at radius 2 is 1.95 bits per heavy atom. The highest BCUT2D eigenvalue weighted by Gasteiger charge is 2.57. The second-order valence-electron chi connectivity index (χ2n) is 9.01. The monoisotopic (exact) mass is 646 g/mol. The van der Waals surface area contributed by atoms with Crippen LogP contribution >= 0.6 is 34.9 Å². The molecule has 224 valence electrons. The van der Waals surface area contributed by atoms with Gasteiger partial charge in [0.2, 0.25) is 5.43 Å². The maximum atomic E-state index is 13.4. The van der Waals surface area contributed by atoms with Crippen molar-refractivity contribution in [1.29, 1.82) is 0 Å². The van der Waals surface area contributed by atoms with Crippen molar-refractivity contribution in [3.8, 4) is 11.5 Å². The number of nitrogens with one attached hydrogen (secondary N) is 1. The summed E-state index contributed by atoms with van der Waals surface area (Å²) in [7, 11) is 1.12. The molecule has 2 aliphatic heterocycles. The zero-order valence-corrected chi connectivity index (χ0v) is 24.4. The minimum Gasteiger partial charge on any atom is -0.508 e. The predicted molar refractivity (Wildman–Crippen MR) is 156 cm³/mol. The largest absolute Gasteiger partial charge is 0.508 e. The number of β-lactam (4-membered cyclic amide) rings is 1. The van der Waals surface area contributed by atoms with E-state index in [0.717, 1.165) is 23.0 Å². The van der Waals surface area contributed by atoms with Crippen LogP contribution in [-0.2, 0) is 19.2 Å². The Hall–Kier alpha value is -4.68. The first-order chi connectivity index (χ1) is 20.5. The summed E-state index contributed by atoms with van der Waals surface area (Å²) < 4.78 is 0.296. The fourth-order valence-electron chi connectivity index (χ4n) is 4.43. The molecule has 4 heterocycles. The van der Waals surface area contributed by atoms with Crippen molar-refractivity contribution in [3.63, 3.8) is 0 Å². The number of aromatic hydroxyl groups is 2. The predicted octanol–water partition coefficient (Wildman–Crippen LogP) is 1.16. The highest BCUT2D eigenvalue weighted by atomic mass is 32.2. The Morgan fingerprint density at radius 1 is 1.23 bits per heavy atom. The van der Waals surface area contributed by atoms with Gasteiger partial charge in [0, 0.05) is 22.1 Å². The van der Waals surface area contributed by atoms with Crippen LogP contribution in [0.1, 0.15) is 16.6 Å². The van der Waals surface area contributed by atoms with E-state index in [1.165, 1.54) is 47.0 Å². The number of thioether (sulfide) groups is 2. The van der Waals surface area contributed by atoms with E-state index in [2.05, 4.69) is 15.5 Å². The summed E-state index contributed by atoms with van der Waals surface area (Å²) in [6.45, 7) is 0. The molecule has 1 unspecified atom stereocenters. The van der Waals surface area contributed by atoms with E-state index >= 15 is 0 Å². The van der Waals surface area contributed by atoms with Gasteiger partial charge in [-0.25, -0.2) is 9.78 Å². The molecule has 7 N–H and O–H groups in total. The quantitative estimate of drug-likeness (QED) is 0.0631. The number of nitrogens with zero attached hydrogens (tertiary/aromatic N) is 4. The van der Waals surface area contributed by atoms with Crippen LogP contribution in [0, 0.1) is 0 Å². The number of amides is 2. The smallest absolute Gasteiger partial charge is 0.352 e. The molecule has 3 aromatic rings. The topological polar surface area (TPSA) is 230 Å². The Labute approximate surface area is 254 Å². The molecule has 0 bridgehead atoms. The fraction of sp³-hybridized carbons (Fsp3) is 0.200. The van der Waals surface area contributed by atoms with Gasteiger partial charge in [0.15, 0.2) is 16.6 Å². The number of rotatable bonds is 9. The van der Waals surface area contributed by atoms with Gasteiger partial charge in [-0.2, -0.15) is 4.73 Å². The number of carboxylic acids is 1. The number of hydrogen-bond acceptors (Lipinski definition) is 14. The van der Waals surface area contributed by atoms with Crippen LogP contribution in [-0.4, -0.2) is 82.9 Å². The number of phenolic OH excluding ortho intramolecular Hbond substituents is 1. The van der Waals surface area contributed by atoms with Gasteiger partial charge in [-0.15, -0.1) is 34.9 Å². The highest BCUT2D eigenvalue weighted by molar-refractivity contribution is 8.01. The number of oxime groups is 1. The summed E-state index contributed by atoms with van der Waals surface area (Å²) >= 11 is 3.66. The zero-order valence-electron chi connectivity index (χ0n) is 21.9. The average Bonchev–Trinajstić information content (AvgIpc) is 3.41. The van der Waals surface area contributed by atoms with Crippen LogP contribution in [0.3, 0.4) is 0 Å². The van der Waals surface area contributed by atoms with Crippen LogP contribution in [0.25, 0.3) is 0 Å². The van der Waals surface area contributed by atoms with Gasteiger partial charge in [0.25, 0.3) is 11.8 Å². The Balaban J connectivity index is 1.47. The van der Waals surface area contributed by atoms with E-state index < -0.39 is 57.0 Å². The van der Waals surface area contributed by atoms with E-state index in [0.29, 0.717) is 22.2 Å². The first-order valence-corrected chi connectivity index (χ1v) is 15.0. The lowest BCUT2D eigenvalue weighted by Crippen LogP contribution is -2.71. The van der Waals surface area contributed by atoms with Crippen molar-refractivity contribution >= 4 is 63.5 Å². The molecule has 18 heteroatoms. The van der Waals surface area contributed by atoms with Crippen molar-refractivity contribution in [2.75, 3.05) is 18.6 Å². The minimum atomic E-state index is -1.35. The number of aromatic nitrogens is 2. The molecule has 2 aromatic heterocycles. The summed E-state index contributed by atoms with van der Waals surface area (Å²) in [6, 6.07) is 5.88. The number of nitrogens with two attached hydrogens (primary N) is 1. The van der Waals surface area contributed by atoms with Gasteiger partial charge in [0.05, 0.1) is 17.1 Å². The molecule has 15 nitrogen and oxygen atoms in total. The van der Waals surface area contributed by atoms with Crippen LogP contribution in [0.5, 0.6) is 11.5 Å². The first kappa shape index (κ1) is 29.8. The number of thiazole rings is 1. The van der Waals surface area contributed by atoms with E-state index in [1.54, 1.807) is 17.5 Å². The van der Waals surface area contributed by atoms with E-state index in [4.69, 9.17) is 10.6 Å². The van der Waals surface area contributed by atoms with Gasteiger partial charge < -0.3 is 36.4 Å². The molecule has 3 atom stereocenters. The number of aliphatic carboxylic acids is 1. The number of phenols is 1. The van der Waals surface area contributed by atoms with Gasteiger partial charge >= 0.3 is 5.97 Å². The van der Waals surface area contributed by atoms with Crippen LogP contribution in [0.2, 0.25) is 0 Å². The molecular formula is C25H22N6O9S3. The lowest BCUT2D eigenvalue weighted by molar-refractivity contribution is -0.150. The summed E-state index contributed by atoms with van der Waals surface area (Å²) in [5.41, 5.74) is 4.56.